The van der Waals surface area contributed by atoms with Crippen molar-refractivity contribution in [3.63, 3.8) is 0 Å². The molecule has 0 aliphatic heterocycles. The average molecular weight is 261 g/mol. The van der Waals surface area contributed by atoms with Gasteiger partial charge >= 0.3 is 0 Å². The summed E-state index contributed by atoms with van der Waals surface area (Å²) in [5.74, 6) is 0. The van der Waals surface area contributed by atoms with Crippen molar-refractivity contribution in [1.82, 2.24) is 4.98 Å². The van der Waals surface area contributed by atoms with Gasteiger partial charge < -0.3 is 5.73 Å². The summed E-state index contributed by atoms with van der Waals surface area (Å²) in [5.41, 5.74) is 9.51. The van der Waals surface area contributed by atoms with Gasteiger partial charge in [-0.3, -0.25) is 4.99 Å². The third-order valence-electron chi connectivity index (χ3n) is 2.34. The Balaban J connectivity index is 0.000000771. The SMILES string of the molecule is CC.CN=C/C(=C\N)c1ccc2scc(C)c2n1. The molecule has 2 aromatic rings. The van der Waals surface area contributed by atoms with E-state index in [1.165, 1.54) is 16.5 Å². The third-order valence-corrected chi connectivity index (χ3v) is 3.39. The zero-order chi connectivity index (χ0) is 13.5. The number of rotatable bonds is 2. The van der Waals surface area contributed by atoms with E-state index in [0.29, 0.717) is 0 Å². The number of fused-ring (bicyclic) bond motifs is 1. The molecule has 0 bridgehead atoms. The minimum absolute atomic E-state index is 0.843. The molecule has 2 N–H and O–H groups in total. The molecule has 0 aromatic carbocycles. The van der Waals surface area contributed by atoms with Gasteiger partial charge in [0.15, 0.2) is 0 Å². The van der Waals surface area contributed by atoms with Crippen molar-refractivity contribution in [2.45, 2.75) is 20.8 Å². The van der Waals surface area contributed by atoms with Crippen LogP contribution in [-0.4, -0.2) is 18.2 Å². The molecule has 0 unspecified atom stereocenters. The largest absolute Gasteiger partial charge is 0.404 e. The van der Waals surface area contributed by atoms with Crippen molar-refractivity contribution < 1.29 is 0 Å². The lowest BCUT2D eigenvalue weighted by molar-refractivity contribution is 1.34. The molecule has 3 nitrogen and oxygen atoms in total. The Hall–Kier alpha value is -1.68. The van der Waals surface area contributed by atoms with Crippen LogP contribution < -0.4 is 5.73 Å². The number of hydrogen-bond donors (Lipinski definition) is 1. The number of hydrogen-bond acceptors (Lipinski definition) is 4. The maximum Gasteiger partial charge on any atom is 0.0846 e. The maximum absolute atomic E-state index is 5.56. The standard InChI is InChI=1S/C12H13N3S.C2H6/c1-8-7-16-11-4-3-10(15-12(8)11)9(5-13)6-14-2;1-2/h3-7H,13H2,1-2H3;1-2H3/b9-5+,14-6?;. The Kier molecular flexibility index (Phi) is 5.52. The Morgan fingerprint density at radius 1 is 1.39 bits per heavy atom. The topological polar surface area (TPSA) is 51.3 Å². The Labute approximate surface area is 112 Å². The fraction of sp³-hybridized carbons (Fsp3) is 0.286. The van der Waals surface area contributed by atoms with Gasteiger partial charge in [-0.1, -0.05) is 13.8 Å². The lowest BCUT2D eigenvalue weighted by atomic mass is 10.2. The van der Waals surface area contributed by atoms with Gasteiger partial charge in [0, 0.05) is 25.0 Å². The Morgan fingerprint density at radius 2 is 2.11 bits per heavy atom. The molecule has 0 aliphatic carbocycles. The van der Waals surface area contributed by atoms with Crippen LogP contribution in [0.5, 0.6) is 0 Å². The average Bonchev–Trinajstić information content (AvgIpc) is 2.79. The highest BCUT2D eigenvalue weighted by Crippen LogP contribution is 2.25. The molecule has 18 heavy (non-hydrogen) atoms. The van der Waals surface area contributed by atoms with E-state index in [1.54, 1.807) is 24.6 Å². The number of pyridine rings is 1. The van der Waals surface area contributed by atoms with Crippen LogP contribution in [0.3, 0.4) is 0 Å². The summed E-state index contributed by atoms with van der Waals surface area (Å²) in [5, 5.41) is 2.11. The van der Waals surface area contributed by atoms with E-state index in [-0.39, 0.29) is 0 Å². The zero-order valence-corrected chi connectivity index (χ0v) is 12.1. The molecular formula is C14H19N3S. The molecule has 0 saturated heterocycles. The second kappa shape index (κ2) is 6.91. The molecule has 2 rings (SSSR count). The highest BCUT2D eigenvalue weighted by molar-refractivity contribution is 7.17. The van der Waals surface area contributed by atoms with Crippen LogP contribution in [0.25, 0.3) is 15.8 Å². The fourth-order valence-electron chi connectivity index (χ4n) is 1.53. The smallest absolute Gasteiger partial charge is 0.0846 e. The molecule has 2 aromatic heterocycles. The summed E-state index contributed by atoms with van der Waals surface area (Å²) in [6.45, 7) is 6.06. The lowest BCUT2D eigenvalue weighted by Gasteiger charge is -2.00. The molecule has 0 radical (unpaired) electrons. The van der Waals surface area contributed by atoms with Crippen molar-refractivity contribution >= 4 is 33.3 Å². The van der Waals surface area contributed by atoms with Crippen molar-refractivity contribution in [3.05, 3.63) is 35.0 Å². The summed E-state index contributed by atoms with van der Waals surface area (Å²) < 4.78 is 1.20. The summed E-state index contributed by atoms with van der Waals surface area (Å²) in [4.78, 5) is 8.56. The predicted molar refractivity (Wildman–Crippen MR) is 82.3 cm³/mol. The molecule has 96 valence electrons. The van der Waals surface area contributed by atoms with Gasteiger partial charge in [-0.05, 0) is 30.0 Å². The molecule has 4 heteroatoms. The molecule has 0 spiro atoms. The van der Waals surface area contributed by atoms with Crippen LogP contribution in [0.4, 0.5) is 0 Å². The van der Waals surface area contributed by atoms with Crippen molar-refractivity contribution in [2.24, 2.45) is 10.7 Å². The molecule has 0 amide bonds. The first-order chi connectivity index (χ1) is 8.76. The summed E-state index contributed by atoms with van der Waals surface area (Å²) in [6, 6.07) is 4.04. The number of thiophene rings is 1. The quantitative estimate of drug-likeness (QED) is 0.839. The predicted octanol–water partition coefficient (Wildman–Crippen LogP) is 3.63. The van der Waals surface area contributed by atoms with E-state index in [0.717, 1.165) is 16.8 Å². The van der Waals surface area contributed by atoms with E-state index in [4.69, 9.17) is 5.73 Å². The van der Waals surface area contributed by atoms with Gasteiger partial charge in [-0.25, -0.2) is 4.98 Å². The van der Waals surface area contributed by atoms with Gasteiger partial charge in [0.05, 0.1) is 15.9 Å². The molecule has 0 atom stereocenters. The first kappa shape index (κ1) is 14.4. The second-order valence-electron chi connectivity index (χ2n) is 3.47. The molecule has 2 heterocycles. The monoisotopic (exact) mass is 261 g/mol. The molecular weight excluding hydrogens is 242 g/mol. The van der Waals surface area contributed by atoms with Gasteiger partial charge in [0.25, 0.3) is 0 Å². The van der Waals surface area contributed by atoms with Crippen LogP contribution >= 0.6 is 11.3 Å². The first-order valence-corrected chi connectivity index (χ1v) is 6.83. The zero-order valence-electron chi connectivity index (χ0n) is 11.3. The van der Waals surface area contributed by atoms with Gasteiger partial charge in [-0.2, -0.15) is 0 Å². The number of aromatic nitrogens is 1. The summed E-state index contributed by atoms with van der Waals surface area (Å²) in [6.07, 6.45) is 3.25. The lowest BCUT2D eigenvalue weighted by Crippen LogP contribution is -1.94. The minimum atomic E-state index is 0.843. The summed E-state index contributed by atoms with van der Waals surface area (Å²) in [7, 11) is 1.72. The number of allylic oxidation sites excluding steroid dienone is 1. The molecule has 0 aliphatic rings. The Bertz CT molecular complexity index is 567. The van der Waals surface area contributed by atoms with Gasteiger partial charge in [0.1, 0.15) is 0 Å². The van der Waals surface area contributed by atoms with Gasteiger partial charge in [-0.15, -0.1) is 11.3 Å². The van der Waals surface area contributed by atoms with E-state index in [1.807, 2.05) is 19.9 Å². The number of aryl methyl sites for hydroxylation is 1. The van der Waals surface area contributed by atoms with E-state index >= 15 is 0 Å². The van der Waals surface area contributed by atoms with E-state index in [2.05, 4.69) is 28.3 Å². The van der Waals surface area contributed by atoms with Crippen molar-refractivity contribution in [2.75, 3.05) is 7.05 Å². The molecule has 0 saturated carbocycles. The van der Waals surface area contributed by atoms with Crippen LogP contribution in [-0.2, 0) is 0 Å². The second-order valence-corrected chi connectivity index (χ2v) is 4.38. The van der Waals surface area contributed by atoms with Crippen LogP contribution in [0.15, 0.2) is 28.7 Å². The number of aliphatic imine (C=N–C) groups is 1. The van der Waals surface area contributed by atoms with Crippen LogP contribution in [0.2, 0.25) is 0 Å². The highest BCUT2D eigenvalue weighted by atomic mass is 32.1. The maximum atomic E-state index is 5.56. The molecule has 0 fully saturated rings. The van der Waals surface area contributed by atoms with E-state index in [9.17, 15) is 0 Å². The summed E-state index contributed by atoms with van der Waals surface area (Å²) >= 11 is 1.71. The normalized spacial score (nSPS) is 11.7. The van der Waals surface area contributed by atoms with Crippen molar-refractivity contribution in [1.29, 1.82) is 0 Å². The minimum Gasteiger partial charge on any atom is -0.404 e. The van der Waals surface area contributed by atoms with Gasteiger partial charge in [0.2, 0.25) is 0 Å². The fourth-order valence-corrected chi connectivity index (χ4v) is 2.41. The number of nitrogens with two attached hydrogens (primary N) is 1. The number of nitrogens with zero attached hydrogens (tertiary/aromatic N) is 2. The first-order valence-electron chi connectivity index (χ1n) is 5.95. The Morgan fingerprint density at radius 3 is 2.72 bits per heavy atom. The highest BCUT2D eigenvalue weighted by Gasteiger charge is 2.05. The van der Waals surface area contributed by atoms with Crippen molar-refractivity contribution in [3.8, 4) is 0 Å². The third kappa shape index (κ3) is 2.96. The van der Waals surface area contributed by atoms with Crippen LogP contribution in [0.1, 0.15) is 25.1 Å². The van der Waals surface area contributed by atoms with Crippen LogP contribution in [0, 0.1) is 6.92 Å². The van der Waals surface area contributed by atoms with E-state index < -0.39 is 0 Å².